The van der Waals surface area contributed by atoms with Gasteiger partial charge < -0.3 is 10.0 Å². The summed E-state index contributed by atoms with van der Waals surface area (Å²) in [5, 5.41) is 10.1. The lowest BCUT2D eigenvalue weighted by Crippen LogP contribution is -2.28. The molecule has 0 unspecified atom stereocenters. The maximum Gasteiger partial charge on any atom is 0.163 e. The predicted octanol–water partition coefficient (Wildman–Crippen LogP) is 1.87. The monoisotopic (exact) mass is 280 g/mol. The van der Waals surface area contributed by atoms with Gasteiger partial charge in [-0.15, -0.1) is 0 Å². The Hall–Kier alpha value is -1.46. The largest absolute Gasteiger partial charge is 0.507 e. The molecular weight excluding hydrogens is 259 g/mol. The first kappa shape index (κ1) is 14.9. The van der Waals surface area contributed by atoms with Crippen LogP contribution in [0.25, 0.3) is 0 Å². The van der Waals surface area contributed by atoms with Crippen molar-refractivity contribution in [1.29, 1.82) is 0 Å². The Morgan fingerprint density at radius 1 is 1.30 bits per heavy atom. The molecule has 2 rings (SSSR count). The summed E-state index contributed by atoms with van der Waals surface area (Å²) in [7, 11) is 2.08. The molecule has 1 fully saturated rings. The van der Waals surface area contributed by atoms with E-state index < -0.39 is 5.82 Å². The van der Waals surface area contributed by atoms with E-state index in [-0.39, 0.29) is 17.1 Å². The average molecular weight is 280 g/mol. The summed E-state index contributed by atoms with van der Waals surface area (Å²) < 4.78 is 13.6. The summed E-state index contributed by atoms with van der Waals surface area (Å²) >= 11 is 0. The standard InChI is InChI=1S/C15H21FN2O2/c1-11(19)14-9-13(16)8-12(15(14)20)10-18-5-3-4-17(2)6-7-18/h8-9,20H,3-7,10H2,1-2H3. The van der Waals surface area contributed by atoms with Gasteiger partial charge in [-0.3, -0.25) is 9.69 Å². The summed E-state index contributed by atoms with van der Waals surface area (Å²) in [6, 6.07) is 2.41. The molecule has 20 heavy (non-hydrogen) atoms. The lowest BCUT2D eigenvalue weighted by molar-refractivity contribution is 0.101. The summed E-state index contributed by atoms with van der Waals surface area (Å²) in [6.07, 6.45) is 1.05. The number of halogens is 1. The zero-order valence-electron chi connectivity index (χ0n) is 12.0. The highest BCUT2D eigenvalue weighted by atomic mass is 19.1. The van der Waals surface area contributed by atoms with Gasteiger partial charge in [0.1, 0.15) is 11.6 Å². The Bertz CT molecular complexity index is 505. The van der Waals surface area contributed by atoms with E-state index in [9.17, 15) is 14.3 Å². The second-order valence-electron chi connectivity index (χ2n) is 5.45. The van der Waals surface area contributed by atoms with Crippen molar-refractivity contribution in [2.45, 2.75) is 19.9 Å². The molecule has 0 radical (unpaired) electrons. The number of nitrogens with zero attached hydrogens (tertiary/aromatic N) is 2. The van der Waals surface area contributed by atoms with Gasteiger partial charge in [-0.25, -0.2) is 4.39 Å². The lowest BCUT2D eigenvalue weighted by Gasteiger charge is -2.21. The van der Waals surface area contributed by atoms with Crippen LogP contribution in [0.15, 0.2) is 12.1 Å². The van der Waals surface area contributed by atoms with E-state index in [1.807, 2.05) is 0 Å². The number of rotatable bonds is 3. The van der Waals surface area contributed by atoms with Gasteiger partial charge in [-0.1, -0.05) is 0 Å². The number of likely N-dealkylation sites (N-methyl/N-ethyl adjacent to an activating group) is 1. The fraction of sp³-hybridized carbons (Fsp3) is 0.533. The Balaban J connectivity index is 2.18. The number of carbonyl (C=O) groups excluding carboxylic acids is 1. The van der Waals surface area contributed by atoms with Gasteiger partial charge in [0.15, 0.2) is 5.78 Å². The first-order chi connectivity index (χ1) is 9.47. The molecule has 0 aromatic heterocycles. The molecule has 5 heteroatoms. The van der Waals surface area contributed by atoms with Crippen LogP contribution < -0.4 is 0 Å². The van der Waals surface area contributed by atoms with Crippen molar-refractivity contribution in [1.82, 2.24) is 9.80 Å². The third kappa shape index (κ3) is 3.55. The van der Waals surface area contributed by atoms with E-state index in [2.05, 4.69) is 16.8 Å². The van der Waals surface area contributed by atoms with Crippen LogP contribution in [0.2, 0.25) is 0 Å². The minimum Gasteiger partial charge on any atom is -0.507 e. The first-order valence-corrected chi connectivity index (χ1v) is 6.90. The molecular formula is C15H21FN2O2. The number of Topliss-reactive ketones (excluding diaryl/α,β-unsaturated/α-hetero) is 1. The number of aromatic hydroxyl groups is 1. The highest BCUT2D eigenvalue weighted by Crippen LogP contribution is 2.26. The van der Waals surface area contributed by atoms with Crippen LogP contribution in [0.4, 0.5) is 4.39 Å². The second-order valence-corrected chi connectivity index (χ2v) is 5.45. The first-order valence-electron chi connectivity index (χ1n) is 6.90. The summed E-state index contributed by atoms with van der Waals surface area (Å²) in [6.45, 7) is 5.59. The Morgan fingerprint density at radius 2 is 2.05 bits per heavy atom. The minimum atomic E-state index is -0.477. The second kappa shape index (κ2) is 6.33. The molecule has 0 atom stereocenters. The maximum absolute atomic E-state index is 13.6. The Morgan fingerprint density at radius 3 is 2.75 bits per heavy atom. The molecule has 0 bridgehead atoms. The van der Waals surface area contributed by atoms with Crippen LogP contribution in [0.3, 0.4) is 0 Å². The minimum absolute atomic E-state index is 0.0620. The van der Waals surface area contributed by atoms with E-state index in [4.69, 9.17) is 0 Å². The third-order valence-electron chi connectivity index (χ3n) is 3.74. The molecule has 0 saturated carbocycles. The molecule has 0 spiro atoms. The molecule has 0 amide bonds. The predicted molar refractivity (Wildman–Crippen MR) is 75.5 cm³/mol. The van der Waals surface area contributed by atoms with Crippen LogP contribution in [-0.4, -0.2) is 53.9 Å². The van der Waals surface area contributed by atoms with Gasteiger partial charge in [0.25, 0.3) is 0 Å². The smallest absolute Gasteiger partial charge is 0.163 e. The van der Waals surface area contributed by atoms with E-state index in [0.29, 0.717) is 12.1 Å². The molecule has 110 valence electrons. The molecule has 1 aromatic carbocycles. The lowest BCUT2D eigenvalue weighted by atomic mass is 10.0. The molecule has 4 nitrogen and oxygen atoms in total. The van der Waals surface area contributed by atoms with Gasteiger partial charge >= 0.3 is 0 Å². The number of ketones is 1. The summed E-state index contributed by atoms with van der Waals surface area (Å²) in [4.78, 5) is 15.9. The van der Waals surface area contributed by atoms with Crippen molar-refractivity contribution in [2.75, 3.05) is 33.2 Å². The molecule has 1 heterocycles. The summed E-state index contributed by atoms with van der Waals surface area (Å²) in [5.74, 6) is -0.884. The zero-order chi connectivity index (χ0) is 14.7. The van der Waals surface area contributed by atoms with E-state index in [0.717, 1.165) is 38.7 Å². The molecule has 1 N–H and O–H groups in total. The topological polar surface area (TPSA) is 43.8 Å². The summed E-state index contributed by atoms with van der Waals surface area (Å²) in [5.41, 5.74) is 0.548. The van der Waals surface area contributed by atoms with E-state index >= 15 is 0 Å². The highest BCUT2D eigenvalue weighted by Gasteiger charge is 2.18. The highest BCUT2D eigenvalue weighted by molar-refractivity contribution is 5.97. The van der Waals surface area contributed by atoms with Gasteiger partial charge in [0.05, 0.1) is 5.56 Å². The number of carbonyl (C=O) groups is 1. The SMILES string of the molecule is CC(=O)c1cc(F)cc(CN2CCCN(C)CC2)c1O. The van der Waals surface area contributed by atoms with Gasteiger partial charge in [-0.2, -0.15) is 0 Å². The van der Waals surface area contributed by atoms with Crippen molar-refractivity contribution in [3.05, 3.63) is 29.1 Å². The fourth-order valence-electron chi connectivity index (χ4n) is 2.54. The van der Waals surface area contributed by atoms with Crippen LogP contribution >= 0.6 is 0 Å². The van der Waals surface area contributed by atoms with Crippen molar-refractivity contribution in [3.63, 3.8) is 0 Å². The van der Waals surface area contributed by atoms with Crippen molar-refractivity contribution < 1.29 is 14.3 Å². The van der Waals surface area contributed by atoms with Crippen LogP contribution in [0.1, 0.15) is 29.3 Å². The normalized spacial score (nSPS) is 17.9. The number of phenols is 1. The van der Waals surface area contributed by atoms with Crippen molar-refractivity contribution >= 4 is 5.78 Å². The number of hydrogen-bond donors (Lipinski definition) is 1. The number of benzene rings is 1. The van der Waals surface area contributed by atoms with Gasteiger partial charge in [0.2, 0.25) is 0 Å². The van der Waals surface area contributed by atoms with Crippen molar-refractivity contribution in [2.24, 2.45) is 0 Å². The Kier molecular flexibility index (Phi) is 4.73. The third-order valence-corrected chi connectivity index (χ3v) is 3.74. The number of phenolic OH excluding ortho intramolecular Hbond substituents is 1. The Labute approximate surface area is 118 Å². The van der Waals surface area contributed by atoms with Crippen LogP contribution in [-0.2, 0) is 6.54 Å². The van der Waals surface area contributed by atoms with E-state index in [1.54, 1.807) is 0 Å². The number of hydrogen-bond acceptors (Lipinski definition) is 4. The quantitative estimate of drug-likeness (QED) is 0.859. The van der Waals surface area contributed by atoms with Gasteiger partial charge in [-0.05, 0) is 45.6 Å². The van der Waals surface area contributed by atoms with Crippen LogP contribution in [0.5, 0.6) is 5.75 Å². The average Bonchev–Trinajstić information content (AvgIpc) is 2.58. The zero-order valence-corrected chi connectivity index (χ0v) is 12.0. The fourth-order valence-corrected chi connectivity index (χ4v) is 2.54. The van der Waals surface area contributed by atoms with Gasteiger partial charge in [0, 0.05) is 25.2 Å². The molecule has 1 saturated heterocycles. The molecule has 1 aromatic rings. The molecule has 1 aliphatic rings. The van der Waals surface area contributed by atoms with Crippen LogP contribution in [0, 0.1) is 5.82 Å². The maximum atomic E-state index is 13.6. The van der Waals surface area contributed by atoms with Crippen molar-refractivity contribution in [3.8, 4) is 5.75 Å². The molecule has 1 aliphatic heterocycles. The van der Waals surface area contributed by atoms with E-state index in [1.165, 1.54) is 13.0 Å². The molecule has 0 aliphatic carbocycles.